The van der Waals surface area contributed by atoms with Gasteiger partial charge in [0.25, 0.3) is 0 Å². The summed E-state index contributed by atoms with van der Waals surface area (Å²) in [5.41, 5.74) is 8.85. The Kier molecular flexibility index (Phi) is 2.70. The van der Waals surface area contributed by atoms with E-state index in [0.29, 0.717) is 6.04 Å². The summed E-state index contributed by atoms with van der Waals surface area (Å²) in [4.78, 5) is 2.64. The molecule has 1 saturated carbocycles. The van der Waals surface area contributed by atoms with Crippen LogP contribution in [-0.2, 0) is 6.42 Å². The largest absolute Gasteiger partial charge is 0.329 e. The fraction of sp³-hybridized carbons (Fsp3) is 0.571. The van der Waals surface area contributed by atoms with Crippen molar-refractivity contribution < 1.29 is 0 Å². The zero-order valence-electron chi connectivity index (χ0n) is 9.73. The molecule has 2 heteroatoms. The normalized spacial score (nSPS) is 23.8. The third-order valence-electron chi connectivity index (χ3n) is 3.90. The van der Waals surface area contributed by atoms with Crippen LogP contribution in [0.4, 0.5) is 0 Å². The van der Waals surface area contributed by atoms with Crippen molar-refractivity contribution in [2.45, 2.75) is 37.8 Å². The predicted octanol–water partition coefficient (Wildman–Crippen LogP) is 2.10. The minimum absolute atomic E-state index is 0.646. The summed E-state index contributed by atoms with van der Waals surface area (Å²) in [7, 11) is 0. The van der Waals surface area contributed by atoms with Crippen LogP contribution >= 0.6 is 0 Å². The molecule has 0 saturated heterocycles. The highest BCUT2D eigenvalue weighted by Crippen LogP contribution is 2.41. The van der Waals surface area contributed by atoms with Crippen LogP contribution in [0.5, 0.6) is 0 Å². The lowest BCUT2D eigenvalue weighted by atomic mass is 10.1. The zero-order chi connectivity index (χ0) is 11.0. The van der Waals surface area contributed by atoms with Gasteiger partial charge in [-0.25, -0.2) is 0 Å². The van der Waals surface area contributed by atoms with Crippen molar-refractivity contribution in [2.75, 3.05) is 13.1 Å². The van der Waals surface area contributed by atoms with Gasteiger partial charge in [0.05, 0.1) is 0 Å². The number of aryl methyl sites for hydroxylation is 1. The summed E-state index contributed by atoms with van der Waals surface area (Å²) in [6.45, 7) is 1.85. The maximum Gasteiger partial charge on any atom is 0.0357 e. The maximum absolute atomic E-state index is 5.74. The molecule has 0 spiro atoms. The standard InChI is InChI=1S/C14H20N2/c15-9-10-16(12-6-7-12)14-8-5-11-3-1-2-4-13(11)14/h1-4,12,14H,5-10,15H2. The van der Waals surface area contributed by atoms with E-state index < -0.39 is 0 Å². The van der Waals surface area contributed by atoms with Gasteiger partial charge in [-0.1, -0.05) is 24.3 Å². The second-order valence-corrected chi connectivity index (χ2v) is 5.01. The molecule has 1 unspecified atom stereocenters. The molecule has 2 aliphatic carbocycles. The Labute approximate surface area is 97.4 Å². The third-order valence-corrected chi connectivity index (χ3v) is 3.90. The minimum atomic E-state index is 0.646. The Morgan fingerprint density at radius 1 is 1.19 bits per heavy atom. The molecule has 1 aromatic rings. The summed E-state index contributed by atoms with van der Waals surface area (Å²) in [6, 6.07) is 10.4. The molecule has 0 heterocycles. The number of hydrogen-bond donors (Lipinski definition) is 1. The molecular weight excluding hydrogens is 196 g/mol. The van der Waals surface area contributed by atoms with E-state index >= 15 is 0 Å². The average molecular weight is 216 g/mol. The predicted molar refractivity (Wildman–Crippen MR) is 66.3 cm³/mol. The summed E-state index contributed by atoms with van der Waals surface area (Å²) in [5, 5.41) is 0. The van der Waals surface area contributed by atoms with Gasteiger partial charge in [-0.3, -0.25) is 4.90 Å². The van der Waals surface area contributed by atoms with Gasteiger partial charge < -0.3 is 5.73 Å². The first-order valence-corrected chi connectivity index (χ1v) is 6.44. The van der Waals surface area contributed by atoms with Gasteiger partial charge in [0.2, 0.25) is 0 Å². The molecule has 2 N–H and O–H groups in total. The fourth-order valence-corrected chi connectivity index (χ4v) is 3.03. The second kappa shape index (κ2) is 4.19. The van der Waals surface area contributed by atoms with Crippen LogP contribution in [0.25, 0.3) is 0 Å². The van der Waals surface area contributed by atoms with E-state index in [9.17, 15) is 0 Å². The molecule has 2 aliphatic rings. The second-order valence-electron chi connectivity index (χ2n) is 5.01. The number of benzene rings is 1. The molecule has 1 aromatic carbocycles. The van der Waals surface area contributed by atoms with Crippen molar-refractivity contribution >= 4 is 0 Å². The van der Waals surface area contributed by atoms with Gasteiger partial charge in [0, 0.05) is 25.2 Å². The number of fused-ring (bicyclic) bond motifs is 1. The van der Waals surface area contributed by atoms with Crippen molar-refractivity contribution in [1.82, 2.24) is 4.90 Å². The van der Waals surface area contributed by atoms with Crippen molar-refractivity contribution in [3.63, 3.8) is 0 Å². The first-order chi connectivity index (χ1) is 7.90. The topological polar surface area (TPSA) is 29.3 Å². The van der Waals surface area contributed by atoms with E-state index in [1.165, 1.54) is 25.7 Å². The quantitative estimate of drug-likeness (QED) is 0.835. The molecular formula is C14H20N2. The highest BCUT2D eigenvalue weighted by molar-refractivity contribution is 5.34. The Hall–Kier alpha value is -0.860. The Balaban J connectivity index is 1.84. The van der Waals surface area contributed by atoms with E-state index in [4.69, 9.17) is 5.73 Å². The lowest BCUT2D eigenvalue weighted by molar-refractivity contribution is 0.192. The molecule has 86 valence electrons. The zero-order valence-corrected chi connectivity index (χ0v) is 9.73. The average Bonchev–Trinajstić information content (AvgIpc) is 3.06. The molecule has 0 amide bonds. The minimum Gasteiger partial charge on any atom is -0.329 e. The molecule has 1 atom stereocenters. The van der Waals surface area contributed by atoms with Gasteiger partial charge in [-0.2, -0.15) is 0 Å². The Morgan fingerprint density at radius 3 is 2.75 bits per heavy atom. The van der Waals surface area contributed by atoms with Crippen molar-refractivity contribution in [1.29, 1.82) is 0 Å². The van der Waals surface area contributed by atoms with Crippen LogP contribution in [0, 0.1) is 0 Å². The number of hydrogen-bond acceptors (Lipinski definition) is 2. The van der Waals surface area contributed by atoms with Crippen LogP contribution in [0.15, 0.2) is 24.3 Å². The number of nitrogens with zero attached hydrogens (tertiary/aromatic N) is 1. The highest BCUT2D eigenvalue weighted by atomic mass is 15.2. The molecule has 2 nitrogen and oxygen atoms in total. The summed E-state index contributed by atoms with van der Waals surface area (Å²) < 4.78 is 0. The maximum atomic E-state index is 5.74. The van der Waals surface area contributed by atoms with Gasteiger partial charge in [0.1, 0.15) is 0 Å². The van der Waals surface area contributed by atoms with Crippen LogP contribution in [0.1, 0.15) is 36.4 Å². The Morgan fingerprint density at radius 2 is 2.00 bits per heavy atom. The van der Waals surface area contributed by atoms with Gasteiger partial charge in [0.15, 0.2) is 0 Å². The molecule has 1 fully saturated rings. The number of nitrogens with two attached hydrogens (primary N) is 1. The van der Waals surface area contributed by atoms with Gasteiger partial charge in [-0.15, -0.1) is 0 Å². The lowest BCUT2D eigenvalue weighted by Gasteiger charge is -2.29. The first-order valence-electron chi connectivity index (χ1n) is 6.44. The van der Waals surface area contributed by atoms with Crippen LogP contribution in [0.2, 0.25) is 0 Å². The summed E-state index contributed by atoms with van der Waals surface area (Å²) in [6.07, 6.45) is 5.28. The molecule has 3 rings (SSSR count). The highest BCUT2D eigenvalue weighted by Gasteiger charge is 2.36. The monoisotopic (exact) mass is 216 g/mol. The molecule has 16 heavy (non-hydrogen) atoms. The molecule has 0 aliphatic heterocycles. The van der Waals surface area contributed by atoms with E-state index in [0.717, 1.165) is 19.1 Å². The van der Waals surface area contributed by atoms with Crippen LogP contribution < -0.4 is 5.73 Å². The SMILES string of the molecule is NCCN(C1CC1)C1CCc2ccccc21. The summed E-state index contributed by atoms with van der Waals surface area (Å²) >= 11 is 0. The van der Waals surface area contributed by atoms with E-state index in [2.05, 4.69) is 29.2 Å². The molecule has 0 bridgehead atoms. The van der Waals surface area contributed by atoms with Crippen molar-refractivity contribution in [2.24, 2.45) is 5.73 Å². The third kappa shape index (κ3) is 1.76. The van der Waals surface area contributed by atoms with Crippen molar-refractivity contribution in [3.05, 3.63) is 35.4 Å². The van der Waals surface area contributed by atoms with Crippen molar-refractivity contribution in [3.8, 4) is 0 Å². The first kappa shape index (κ1) is 10.3. The summed E-state index contributed by atoms with van der Waals surface area (Å²) in [5.74, 6) is 0. The lowest BCUT2D eigenvalue weighted by Crippen LogP contribution is -2.34. The van der Waals surface area contributed by atoms with E-state index in [-0.39, 0.29) is 0 Å². The van der Waals surface area contributed by atoms with Gasteiger partial charge >= 0.3 is 0 Å². The van der Waals surface area contributed by atoms with Crippen LogP contribution in [0.3, 0.4) is 0 Å². The molecule has 0 radical (unpaired) electrons. The van der Waals surface area contributed by atoms with E-state index in [1.54, 1.807) is 11.1 Å². The Bertz CT molecular complexity index is 371. The smallest absolute Gasteiger partial charge is 0.0357 e. The van der Waals surface area contributed by atoms with Crippen LogP contribution in [-0.4, -0.2) is 24.0 Å². The fourth-order valence-electron chi connectivity index (χ4n) is 3.03. The van der Waals surface area contributed by atoms with E-state index in [1.807, 2.05) is 0 Å². The molecule has 0 aromatic heterocycles. The van der Waals surface area contributed by atoms with Gasteiger partial charge in [-0.05, 0) is 36.8 Å². The number of rotatable bonds is 4.